The summed E-state index contributed by atoms with van der Waals surface area (Å²) in [6.45, 7) is 4.19. The highest BCUT2D eigenvalue weighted by Gasteiger charge is 2.28. The predicted octanol–water partition coefficient (Wildman–Crippen LogP) is 3.71. The maximum atomic E-state index is 14.1. The van der Waals surface area contributed by atoms with Gasteiger partial charge in [-0.05, 0) is 43.2 Å². The largest absolute Gasteiger partial charge is 0.378 e. The number of carbonyl (C=O) groups is 3. The van der Waals surface area contributed by atoms with Gasteiger partial charge < -0.3 is 30.1 Å². The number of hydrogen-bond donors (Lipinski definition) is 2. The van der Waals surface area contributed by atoms with Gasteiger partial charge in [0.05, 0.1) is 24.3 Å². The van der Waals surface area contributed by atoms with E-state index in [1.807, 2.05) is 11.0 Å². The van der Waals surface area contributed by atoms with Crippen molar-refractivity contribution >= 4 is 29.2 Å². The maximum Gasteiger partial charge on any atom is 0.317 e. The van der Waals surface area contributed by atoms with E-state index < -0.39 is 11.7 Å². The number of hydrogen-bond acceptors (Lipinski definition) is 5. The molecule has 2 heterocycles. The highest BCUT2D eigenvalue weighted by Crippen LogP contribution is 2.28. The number of rotatable bonds is 5. The highest BCUT2D eigenvalue weighted by atomic mass is 19.1. The van der Waals surface area contributed by atoms with Crippen molar-refractivity contribution in [3.63, 3.8) is 0 Å². The van der Waals surface area contributed by atoms with Gasteiger partial charge in [0.2, 0.25) is 0 Å². The van der Waals surface area contributed by atoms with E-state index >= 15 is 0 Å². The second-order valence-corrected chi connectivity index (χ2v) is 10.3. The first-order chi connectivity index (χ1) is 19.0. The number of nitrogens with one attached hydrogen (secondary N) is 2. The number of benzene rings is 2. The van der Waals surface area contributed by atoms with E-state index in [1.54, 1.807) is 23.1 Å². The van der Waals surface area contributed by atoms with E-state index in [-0.39, 0.29) is 23.5 Å². The van der Waals surface area contributed by atoms with E-state index in [9.17, 15) is 18.8 Å². The van der Waals surface area contributed by atoms with Crippen LogP contribution in [0.15, 0.2) is 42.5 Å². The summed E-state index contributed by atoms with van der Waals surface area (Å²) in [7, 11) is 0. The Kier molecular flexibility index (Phi) is 8.61. The quantitative estimate of drug-likeness (QED) is 0.607. The molecule has 0 unspecified atom stereocenters. The number of carbonyl (C=O) groups excluding carboxylic acids is 3. The van der Waals surface area contributed by atoms with Gasteiger partial charge in [0.25, 0.3) is 11.8 Å². The molecule has 0 spiro atoms. The monoisotopic (exact) mass is 537 g/mol. The number of amides is 4. The minimum absolute atomic E-state index is 0.0163. The Labute approximate surface area is 228 Å². The second-order valence-electron chi connectivity index (χ2n) is 10.3. The van der Waals surface area contributed by atoms with Gasteiger partial charge >= 0.3 is 6.03 Å². The predicted molar refractivity (Wildman–Crippen MR) is 147 cm³/mol. The molecule has 0 radical (unpaired) electrons. The Hall–Kier alpha value is -3.66. The standard InChI is InChI=1S/C29H36FN5O4/c30-25-9-5-4-8-23(25)27(36)31-22-10-11-26(24(20-22)28(37)34-16-18-39-19-17-34)33-12-14-35(15-13-33)29(38)32-21-6-2-1-3-7-21/h4-5,8-11,20-21H,1-3,6-7,12-19H2,(H,31,36)(H,32,38). The van der Waals surface area contributed by atoms with Gasteiger partial charge in [0.1, 0.15) is 5.82 Å². The van der Waals surface area contributed by atoms with Gasteiger partial charge in [-0.15, -0.1) is 0 Å². The normalized spacial score (nSPS) is 18.5. The first-order valence-corrected chi connectivity index (χ1v) is 13.9. The fourth-order valence-corrected chi connectivity index (χ4v) is 5.50. The van der Waals surface area contributed by atoms with Gasteiger partial charge in [-0.25, -0.2) is 9.18 Å². The summed E-state index contributed by atoms with van der Waals surface area (Å²) in [5, 5.41) is 5.92. The summed E-state index contributed by atoms with van der Waals surface area (Å²) < 4.78 is 19.6. The van der Waals surface area contributed by atoms with E-state index in [1.165, 1.54) is 24.6 Å². The third kappa shape index (κ3) is 6.50. The van der Waals surface area contributed by atoms with Gasteiger partial charge in [-0.1, -0.05) is 31.4 Å². The van der Waals surface area contributed by atoms with Crippen LogP contribution in [-0.2, 0) is 4.74 Å². The Morgan fingerprint density at radius 1 is 0.821 bits per heavy atom. The van der Waals surface area contributed by atoms with Crippen molar-refractivity contribution in [2.45, 2.75) is 38.1 Å². The molecule has 1 aliphatic carbocycles. The lowest BCUT2D eigenvalue weighted by Crippen LogP contribution is -2.54. The number of urea groups is 1. The summed E-state index contributed by atoms with van der Waals surface area (Å²) in [5.74, 6) is -1.34. The smallest absolute Gasteiger partial charge is 0.317 e. The number of ether oxygens (including phenoxy) is 1. The van der Waals surface area contributed by atoms with Crippen molar-refractivity contribution in [3.8, 4) is 0 Å². The number of morpholine rings is 1. The Morgan fingerprint density at radius 2 is 1.54 bits per heavy atom. The molecule has 208 valence electrons. The summed E-state index contributed by atoms with van der Waals surface area (Å²) in [4.78, 5) is 44.9. The molecule has 9 nitrogen and oxygen atoms in total. The van der Waals surface area contributed by atoms with Crippen LogP contribution in [0.4, 0.5) is 20.6 Å². The fraction of sp³-hybridized carbons (Fsp3) is 0.483. The third-order valence-electron chi connectivity index (χ3n) is 7.74. The van der Waals surface area contributed by atoms with Crippen molar-refractivity contribution < 1.29 is 23.5 Å². The zero-order valence-electron chi connectivity index (χ0n) is 22.2. The zero-order valence-corrected chi connectivity index (χ0v) is 22.2. The molecule has 2 aromatic rings. The minimum atomic E-state index is -0.610. The zero-order chi connectivity index (χ0) is 27.2. The number of nitrogens with zero attached hydrogens (tertiary/aromatic N) is 3. The van der Waals surface area contributed by atoms with E-state index in [0.717, 1.165) is 31.4 Å². The number of piperazine rings is 1. The summed E-state index contributed by atoms with van der Waals surface area (Å²) in [5.41, 5.74) is 1.56. The number of halogens is 1. The molecule has 2 aromatic carbocycles. The summed E-state index contributed by atoms with van der Waals surface area (Å²) in [6, 6.07) is 11.2. The van der Waals surface area contributed by atoms with Crippen LogP contribution in [0.5, 0.6) is 0 Å². The lowest BCUT2D eigenvalue weighted by atomic mass is 9.96. The fourth-order valence-electron chi connectivity index (χ4n) is 5.50. The molecule has 0 atom stereocenters. The summed E-state index contributed by atoms with van der Waals surface area (Å²) >= 11 is 0. The molecule has 3 fully saturated rings. The lowest BCUT2D eigenvalue weighted by molar-refractivity contribution is 0.0303. The van der Waals surface area contributed by atoms with Crippen molar-refractivity contribution in [2.75, 3.05) is 62.7 Å². The molecule has 5 rings (SSSR count). The van der Waals surface area contributed by atoms with Crippen LogP contribution < -0.4 is 15.5 Å². The molecule has 2 aliphatic heterocycles. The Balaban J connectivity index is 1.31. The molecule has 0 bridgehead atoms. The SMILES string of the molecule is O=C(Nc1ccc(N2CCN(C(=O)NC3CCCCC3)CC2)c(C(=O)N2CCOCC2)c1)c1ccccc1F. The number of anilines is 2. The van der Waals surface area contributed by atoms with Crippen LogP contribution >= 0.6 is 0 Å². The van der Waals surface area contributed by atoms with Crippen molar-refractivity contribution in [1.82, 2.24) is 15.1 Å². The molecule has 10 heteroatoms. The second kappa shape index (κ2) is 12.5. The van der Waals surface area contributed by atoms with Crippen molar-refractivity contribution in [1.29, 1.82) is 0 Å². The van der Waals surface area contributed by atoms with Crippen LogP contribution in [-0.4, -0.2) is 86.2 Å². The maximum absolute atomic E-state index is 14.1. The van der Waals surface area contributed by atoms with Crippen molar-refractivity contribution in [2.24, 2.45) is 0 Å². The average molecular weight is 538 g/mol. The Morgan fingerprint density at radius 3 is 2.26 bits per heavy atom. The van der Waals surface area contributed by atoms with Gasteiger partial charge in [-0.2, -0.15) is 0 Å². The molecule has 2 saturated heterocycles. The van der Waals surface area contributed by atoms with Crippen LogP contribution in [0.2, 0.25) is 0 Å². The average Bonchev–Trinajstić information content (AvgIpc) is 2.98. The van der Waals surface area contributed by atoms with E-state index in [0.29, 0.717) is 63.7 Å². The van der Waals surface area contributed by atoms with E-state index in [2.05, 4.69) is 15.5 Å². The molecule has 1 saturated carbocycles. The molecule has 39 heavy (non-hydrogen) atoms. The Bertz CT molecular complexity index is 1190. The topological polar surface area (TPSA) is 94.2 Å². The van der Waals surface area contributed by atoms with Gasteiger partial charge in [0, 0.05) is 56.7 Å². The molecule has 4 amide bonds. The highest BCUT2D eigenvalue weighted by molar-refractivity contribution is 6.06. The van der Waals surface area contributed by atoms with Gasteiger partial charge in [-0.3, -0.25) is 9.59 Å². The van der Waals surface area contributed by atoms with Crippen LogP contribution in [0.3, 0.4) is 0 Å². The van der Waals surface area contributed by atoms with Gasteiger partial charge in [0.15, 0.2) is 0 Å². The van der Waals surface area contributed by atoms with Crippen LogP contribution in [0.25, 0.3) is 0 Å². The first-order valence-electron chi connectivity index (χ1n) is 13.9. The third-order valence-corrected chi connectivity index (χ3v) is 7.74. The van der Waals surface area contributed by atoms with Crippen molar-refractivity contribution in [3.05, 3.63) is 59.4 Å². The summed E-state index contributed by atoms with van der Waals surface area (Å²) in [6.07, 6.45) is 5.64. The molecule has 2 N–H and O–H groups in total. The van der Waals surface area contributed by atoms with E-state index in [4.69, 9.17) is 4.74 Å². The molecular formula is C29H36FN5O4. The molecule has 0 aromatic heterocycles. The molecular weight excluding hydrogens is 501 g/mol. The van der Waals surface area contributed by atoms with Crippen LogP contribution in [0.1, 0.15) is 52.8 Å². The molecule has 3 aliphatic rings. The lowest BCUT2D eigenvalue weighted by Gasteiger charge is -2.38. The minimum Gasteiger partial charge on any atom is -0.378 e. The van der Waals surface area contributed by atoms with Crippen LogP contribution in [0, 0.1) is 5.82 Å². The first kappa shape index (κ1) is 26.9.